The highest BCUT2D eigenvalue weighted by Crippen LogP contribution is 2.62. The lowest BCUT2D eigenvalue weighted by Gasteiger charge is -2.55. The first-order valence-corrected chi connectivity index (χ1v) is 8.56. The van der Waals surface area contributed by atoms with Crippen molar-refractivity contribution in [3.8, 4) is 0 Å². The fourth-order valence-corrected chi connectivity index (χ4v) is 5.80. The van der Waals surface area contributed by atoms with Gasteiger partial charge in [-0.3, -0.25) is 4.79 Å². The number of carbonyl (C=O) groups excluding carboxylic acids is 1. The number of aliphatic hydroxyl groups is 1. The second kappa shape index (κ2) is 4.32. The molecule has 2 fully saturated rings. The van der Waals surface area contributed by atoms with E-state index in [9.17, 15) is 9.90 Å². The molecule has 0 radical (unpaired) electrons. The summed E-state index contributed by atoms with van der Waals surface area (Å²) in [6.07, 6.45) is 11.4. The smallest absolute Gasteiger partial charge is 0.146 e. The van der Waals surface area contributed by atoms with Crippen LogP contribution in [-0.2, 0) is 4.79 Å². The lowest BCUT2D eigenvalue weighted by Crippen LogP contribution is -2.47. The predicted molar refractivity (Wildman–Crippen MR) is 82.7 cm³/mol. The Morgan fingerprint density at radius 2 is 2.00 bits per heavy atom. The molecule has 0 heterocycles. The first-order chi connectivity index (χ1) is 9.95. The third-order valence-corrected chi connectivity index (χ3v) is 7.22. The highest BCUT2D eigenvalue weighted by atomic mass is 16.3. The molecule has 0 aromatic rings. The van der Waals surface area contributed by atoms with Crippen LogP contribution in [0.2, 0.25) is 0 Å². The molecule has 4 aliphatic carbocycles. The van der Waals surface area contributed by atoms with Crippen molar-refractivity contribution in [2.45, 2.75) is 64.9 Å². The molecule has 4 rings (SSSR count). The molecular weight excluding hydrogens is 260 g/mol. The maximum absolute atomic E-state index is 12.3. The van der Waals surface area contributed by atoms with Crippen LogP contribution >= 0.6 is 0 Å². The molecule has 0 amide bonds. The number of allylic oxidation sites excluding steroid dienone is 3. The molecule has 1 N–H and O–H groups in total. The molecule has 0 bridgehead atoms. The van der Waals surface area contributed by atoms with Gasteiger partial charge >= 0.3 is 0 Å². The summed E-state index contributed by atoms with van der Waals surface area (Å²) in [5.41, 5.74) is 3.05. The van der Waals surface area contributed by atoms with Gasteiger partial charge in [-0.25, -0.2) is 0 Å². The van der Waals surface area contributed by atoms with Crippen molar-refractivity contribution in [3.05, 3.63) is 23.3 Å². The van der Waals surface area contributed by atoms with Crippen LogP contribution in [-0.4, -0.2) is 17.0 Å². The van der Waals surface area contributed by atoms with E-state index in [0.717, 1.165) is 32.1 Å². The average Bonchev–Trinajstić information content (AvgIpc) is 2.76. The van der Waals surface area contributed by atoms with E-state index in [0.29, 0.717) is 24.0 Å². The van der Waals surface area contributed by atoms with E-state index in [-0.39, 0.29) is 16.9 Å². The molecule has 21 heavy (non-hydrogen) atoms. The fraction of sp³-hybridized carbons (Fsp3) is 0.737. The van der Waals surface area contributed by atoms with Gasteiger partial charge in [0.15, 0.2) is 0 Å². The summed E-state index contributed by atoms with van der Waals surface area (Å²) in [7, 11) is 0. The summed E-state index contributed by atoms with van der Waals surface area (Å²) >= 11 is 0. The second-order valence-corrected chi connectivity index (χ2v) is 8.15. The number of fused-ring (bicyclic) bond motifs is 5. The third kappa shape index (κ3) is 1.72. The number of carbonyl (C=O) groups is 1. The molecular formula is C19H26O2. The lowest BCUT2D eigenvalue weighted by molar-refractivity contribution is -0.126. The Kier molecular flexibility index (Phi) is 2.83. The Balaban J connectivity index is 1.73. The quantitative estimate of drug-likeness (QED) is 0.688. The molecule has 0 aliphatic heterocycles. The van der Waals surface area contributed by atoms with E-state index in [1.54, 1.807) is 0 Å². The normalized spacial score (nSPS) is 48.9. The molecule has 4 aliphatic rings. The van der Waals surface area contributed by atoms with Gasteiger partial charge in [0.05, 0.1) is 6.10 Å². The minimum Gasteiger partial charge on any atom is -0.393 e. The highest BCUT2D eigenvalue weighted by Gasteiger charge is 2.55. The summed E-state index contributed by atoms with van der Waals surface area (Å²) in [6, 6.07) is 0. The van der Waals surface area contributed by atoms with E-state index in [1.807, 2.05) is 0 Å². The van der Waals surface area contributed by atoms with Gasteiger partial charge in [-0.1, -0.05) is 30.2 Å². The topological polar surface area (TPSA) is 37.3 Å². The Morgan fingerprint density at radius 1 is 1.19 bits per heavy atom. The maximum atomic E-state index is 12.3. The van der Waals surface area contributed by atoms with Gasteiger partial charge in [0.2, 0.25) is 0 Å². The lowest BCUT2D eigenvalue weighted by atomic mass is 9.49. The molecule has 2 saturated carbocycles. The second-order valence-electron chi connectivity index (χ2n) is 8.15. The van der Waals surface area contributed by atoms with Crippen LogP contribution in [0.3, 0.4) is 0 Å². The van der Waals surface area contributed by atoms with Crippen molar-refractivity contribution in [3.63, 3.8) is 0 Å². The minimum atomic E-state index is -0.156. The van der Waals surface area contributed by atoms with E-state index in [1.165, 1.54) is 17.6 Å². The predicted octanol–water partition coefficient (Wildman–Crippen LogP) is 3.80. The summed E-state index contributed by atoms with van der Waals surface area (Å²) in [4.78, 5) is 12.3. The molecule has 114 valence electrons. The van der Waals surface area contributed by atoms with Crippen molar-refractivity contribution < 1.29 is 9.90 Å². The first kappa shape index (κ1) is 13.8. The molecule has 0 aromatic carbocycles. The van der Waals surface area contributed by atoms with E-state index in [2.05, 4.69) is 26.0 Å². The van der Waals surface area contributed by atoms with Crippen LogP contribution in [0.1, 0.15) is 58.8 Å². The van der Waals surface area contributed by atoms with Crippen molar-refractivity contribution in [2.75, 3.05) is 0 Å². The fourth-order valence-electron chi connectivity index (χ4n) is 5.80. The number of hydrogen-bond acceptors (Lipinski definition) is 2. The van der Waals surface area contributed by atoms with Gasteiger partial charge in [-0.2, -0.15) is 0 Å². The van der Waals surface area contributed by atoms with Crippen LogP contribution in [0.25, 0.3) is 0 Å². The zero-order chi connectivity index (χ0) is 14.8. The summed E-state index contributed by atoms with van der Waals surface area (Å²) in [5, 5.41) is 9.99. The average molecular weight is 286 g/mol. The van der Waals surface area contributed by atoms with Crippen molar-refractivity contribution in [1.29, 1.82) is 0 Å². The van der Waals surface area contributed by atoms with E-state index in [4.69, 9.17) is 0 Å². The van der Waals surface area contributed by atoms with Crippen LogP contribution in [0, 0.1) is 22.7 Å². The van der Waals surface area contributed by atoms with Gasteiger partial charge in [-0.15, -0.1) is 0 Å². The molecule has 0 spiro atoms. The van der Waals surface area contributed by atoms with Crippen molar-refractivity contribution >= 4 is 5.78 Å². The SMILES string of the molecule is C[C@]12CC[C@H]3[C@@H](CC=C4C[C@@H](O)CC[C@@]43C)C1=CCC2=O. The summed E-state index contributed by atoms with van der Waals surface area (Å²) < 4.78 is 0. The monoisotopic (exact) mass is 286 g/mol. The molecule has 0 aromatic heterocycles. The Labute approximate surface area is 127 Å². The number of aliphatic hydroxyl groups excluding tert-OH is 1. The van der Waals surface area contributed by atoms with Crippen molar-refractivity contribution in [1.82, 2.24) is 0 Å². The molecule has 0 saturated heterocycles. The molecule has 2 heteroatoms. The van der Waals surface area contributed by atoms with Crippen LogP contribution < -0.4 is 0 Å². The van der Waals surface area contributed by atoms with Gasteiger partial charge in [0, 0.05) is 11.8 Å². The van der Waals surface area contributed by atoms with Crippen LogP contribution in [0.4, 0.5) is 0 Å². The van der Waals surface area contributed by atoms with E-state index < -0.39 is 0 Å². The minimum absolute atomic E-state index is 0.137. The van der Waals surface area contributed by atoms with Crippen molar-refractivity contribution in [2.24, 2.45) is 22.7 Å². The Bertz CT molecular complexity index is 558. The highest BCUT2D eigenvalue weighted by molar-refractivity contribution is 5.92. The Hall–Kier alpha value is -0.890. The summed E-state index contributed by atoms with van der Waals surface area (Å²) in [5.74, 6) is 1.68. The molecule has 0 unspecified atom stereocenters. The van der Waals surface area contributed by atoms with Crippen LogP contribution in [0.5, 0.6) is 0 Å². The van der Waals surface area contributed by atoms with Gasteiger partial charge in [-0.05, 0) is 62.7 Å². The number of hydrogen-bond donors (Lipinski definition) is 1. The number of Topliss-reactive ketones (excluding diaryl/α,β-unsaturated/α-hetero) is 1. The first-order valence-electron chi connectivity index (χ1n) is 8.56. The summed E-state index contributed by atoms with van der Waals surface area (Å²) in [6.45, 7) is 4.60. The Morgan fingerprint density at radius 3 is 2.81 bits per heavy atom. The van der Waals surface area contributed by atoms with Crippen LogP contribution in [0.15, 0.2) is 23.3 Å². The molecule has 2 nitrogen and oxygen atoms in total. The number of rotatable bonds is 0. The third-order valence-electron chi connectivity index (χ3n) is 7.22. The van der Waals surface area contributed by atoms with E-state index >= 15 is 0 Å². The molecule has 5 atom stereocenters. The van der Waals surface area contributed by atoms with Gasteiger partial charge in [0.25, 0.3) is 0 Å². The maximum Gasteiger partial charge on any atom is 0.146 e. The largest absolute Gasteiger partial charge is 0.393 e. The number of ketones is 1. The van der Waals surface area contributed by atoms with Gasteiger partial charge in [0.1, 0.15) is 5.78 Å². The van der Waals surface area contributed by atoms with Gasteiger partial charge < -0.3 is 5.11 Å². The standard InChI is InChI=1S/C19H26O2/c1-18-9-7-13(20)11-12(18)3-4-14-15-5-6-17(21)19(15,2)10-8-16(14)18/h3,5,13-14,16,20H,4,6-11H2,1-2H3/t13-,14-,16-,18-,19-/m0/s1. The zero-order valence-corrected chi connectivity index (χ0v) is 13.2. The zero-order valence-electron chi connectivity index (χ0n) is 13.2.